The standard InChI is InChI=1S/C25H41FNO5P/c1-2-3-4-5-6-7-8-9-10-11-12-13-14-15-25(21-32-33(28,29)30)31-20-23-16-22(19-27)17-24(26)18-23/h16-18,25H,2-15,20-21H2,1H3,(H2,28,29,30). The van der Waals surface area contributed by atoms with E-state index in [-0.39, 0.29) is 18.8 Å². The maximum Gasteiger partial charge on any atom is 0.469 e. The summed E-state index contributed by atoms with van der Waals surface area (Å²) in [7, 11) is -4.59. The van der Waals surface area contributed by atoms with Gasteiger partial charge in [0.2, 0.25) is 0 Å². The third kappa shape index (κ3) is 16.9. The zero-order chi connectivity index (χ0) is 24.4. The lowest BCUT2D eigenvalue weighted by Gasteiger charge is -2.18. The molecular formula is C25H41FNO5P. The van der Waals surface area contributed by atoms with Crippen molar-refractivity contribution in [1.29, 1.82) is 5.26 Å². The van der Waals surface area contributed by atoms with E-state index < -0.39 is 19.7 Å². The Kier molecular flexibility index (Phi) is 16.3. The van der Waals surface area contributed by atoms with Gasteiger partial charge in [-0.05, 0) is 30.2 Å². The number of hydrogen-bond acceptors (Lipinski definition) is 4. The quantitative estimate of drug-likeness (QED) is 0.150. The van der Waals surface area contributed by atoms with Crippen LogP contribution in [0, 0.1) is 17.1 Å². The molecule has 1 aromatic rings. The summed E-state index contributed by atoms with van der Waals surface area (Å²) >= 11 is 0. The molecule has 2 N–H and O–H groups in total. The predicted octanol–water partition coefficient (Wildman–Crippen LogP) is 7.17. The molecule has 0 aliphatic carbocycles. The van der Waals surface area contributed by atoms with Crippen molar-refractivity contribution in [3.05, 3.63) is 35.1 Å². The fraction of sp³-hybridized carbons (Fsp3) is 0.720. The topological polar surface area (TPSA) is 99.8 Å². The summed E-state index contributed by atoms with van der Waals surface area (Å²) in [5.74, 6) is -0.521. The Morgan fingerprint density at radius 3 is 2.00 bits per heavy atom. The first-order chi connectivity index (χ1) is 15.8. The average Bonchev–Trinajstić information content (AvgIpc) is 2.77. The lowest BCUT2D eigenvalue weighted by molar-refractivity contribution is -0.00383. The van der Waals surface area contributed by atoms with E-state index in [0.29, 0.717) is 12.0 Å². The lowest BCUT2D eigenvalue weighted by atomic mass is 10.0. The highest BCUT2D eigenvalue weighted by molar-refractivity contribution is 7.46. The number of nitriles is 1. The highest BCUT2D eigenvalue weighted by atomic mass is 31.2. The van der Waals surface area contributed by atoms with Gasteiger partial charge in [0.1, 0.15) is 5.82 Å². The maximum atomic E-state index is 13.6. The molecule has 0 fully saturated rings. The molecule has 0 aliphatic rings. The van der Waals surface area contributed by atoms with Crippen LogP contribution in [0.3, 0.4) is 0 Å². The van der Waals surface area contributed by atoms with Gasteiger partial charge < -0.3 is 14.5 Å². The minimum absolute atomic E-state index is 0.0417. The van der Waals surface area contributed by atoms with Gasteiger partial charge in [-0.1, -0.05) is 90.4 Å². The Hall–Kier alpha value is -1.29. The average molecular weight is 486 g/mol. The highest BCUT2D eigenvalue weighted by Gasteiger charge is 2.19. The summed E-state index contributed by atoms with van der Waals surface area (Å²) < 4.78 is 35.0. The minimum Gasteiger partial charge on any atom is -0.371 e. The van der Waals surface area contributed by atoms with Crippen molar-refractivity contribution in [1.82, 2.24) is 0 Å². The molecule has 0 saturated carbocycles. The molecule has 33 heavy (non-hydrogen) atoms. The number of halogens is 1. The van der Waals surface area contributed by atoms with Crippen molar-refractivity contribution in [3.63, 3.8) is 0 Å². The van der Waals surface area contributed by atoms with E-state index >= 15 is 0 Å². The van der Waals surface area contributed by atoms with Gasteiger partial charge in [-0.25, -0.2) is 8.96 Å². The van der Waals surface area contributed by atoms with Gasteiger partial charge in [-0.2, -0.15) is 5.26 Å². The maximum absolute atomic E-state index is 13.6. The van der Waals surface area contributed by atoms with Gasteiger partial charge in [0, 0.05) is 0 Å². The van der Waals surface area contributed by atoms with Crippen LogP contribution < -0.4 is 0 Å². The molecule has 1 atom stereocenters. The third-order valence-corrected chi connectivity index (χ3v) is 6.12. The molecule has 0 spiro atoms. The van der Waals surface area contributed by atoms with E-state index in [1.54, 1.807) is 0 Å². The van der Waals surface area contributed by atoms with Gasteiger partial charge in [0.05, 0.1) is 31.0 Å². The monoisotopic (exact) mass is 485 g/mol. The molecule has 1 unspecified atom stereocenters. The fourth-order valence-corrected chi connectivity index (χ4v) is 4.16. The molecule has 0 amide bonds. The number of ether oxygens (including phenoxy) is 1. The molecule has 188 valence electrons. The van der Waals surface area contributed by atoms with Crippen LogP contribution in [-0.2, 0) is 20.4 Å². The molecular weight excluding hydrogens is 444 g/mol. The predicted molar refractivity (Wildman–Crippen MR) is 128 cm³/mol. The van der Waals surface area contributed by atoms with Gasteiger partial charge in [-0.15, -0.1) is 0 Å². The zero-order valence-electron chi connectivity index (χ0n) is 20.0. The number of benzene rings is 1. The van der Waals surface area contributed by atoms with Crippen LogP contribution in [0.2, 0.25) is 0 Å². The Labute approximate surface area is 198 Å². The first-order valence-corrected chi connectivity index (χ1v) is 13.9. The molecule has 0 aromatic heterocycles. The molecule has 0 bridgehead atoms. The number of unbranched alkanes of at least 4 members (excludes halogenated alkanes) is 12. The van der Waals surface area contributed by atoms with Crippen LogP contribution in [0.25, 0.3) is 0 Å². The first-order valence-electron chi connectivity index (χ1n) is 12.3. The van der Waals surface area contributed by atoms with Crippen molar-refractivity contribution in [2.45, 2.75) is 110 Å². The van der Waals surface area contributed by atoms with Gasteiger partial charge in [-0.3, -0.25) is 4.52 Å². The second-order valence-corrected chi connectivity index (χ2v) is 9.95. The summed E-state index contributed by atoms with van der Waals surface area (Å²) in [4.78, 5) is 18.0. The van der Waals surface area contributed by atoms with Crippen LogP contribution in [0.15, 0.2) is 18.2 Å². The van der Waals surface area contributed by atoms with Gasteiger partial charge >= 0.3 is 7.82 Å². The molecule has 1 aromatic carbocycles. The molecule has 0 heterocycles. The van der Waals surface area contributed by atoms with Crippen LogP contribution in [0.1, 0.15) is 108 Å². The van der Waals surface area contributed by atoms with Crippen molar-refractivity contribution < 1.29 is 28.0 Å². The first kappa shape index (κ1) is 29.7. The summed E-state index contributed by atoms with van der Waals surface area (Å²) in [6, 6.07) is 5.86. The fourth-order valence-electron chi connectivity index (χ4n) is 3.80. The normalized spacial score (nSPS) is 12.6. The summed E-state index contributed by atoms with van der Waals surface area (Å²) in [6.45, 7) is 2.05. The Morgan fingerprint density at radius 1 is 0.939 bits per heavy atom. The van der Waals surface area contributed by atoms with E-state index in [1.165, 1.54) is 76.3 Å². The van der Waals surface area contributed by atoms with E-state index in [0.717, 1.165) is 25.3 Å². The molecule has 0 radical (unpaired) electrons. The SMILES string of the molecule is CCCCCCCCCCCCCCCC(COP(=O)(O)O)OCc1cc(F)cc(C#N)c1. The van der Waals surface area contributed by atoms with Crippen LogP contribution in [0.4, 0.5) is 4.39 Å². The second-order valence-electron chi connectivity index (χ2n) is 8.71. The Bertz CT molecular complexity index is 734. The summed E-state index contributed by atoms with van der Waals surface area (Å²) in [5.41, 5.74) is 0.700. The summed E-state index contributed by atoms with van der Waals surface area (Å²) in [6.07, 6.45) is 16.2. The molecule has 0 saturated heterocycles. The van der Waals surface area contributed by atoms with Crippen molar-refractivity contribution in [2.75, 3.05) is 6.61 Å². The molecule has 8 heteroatoms. The van der Waals surface area contributed by atoms with Crippen molar-refractivity contribution in [3.8, 4) is 6.07 Å². The number of nitrogens with zero attached hydrogens (tertiary/aromatic N) is 1. The van der Waals surface area contributed by atoms with Gasteiger partial charge in [0.15, 0.2) is 0 Å². The number of rotatable bonds is 20. The molecule has 0 aliphatic heterocycles. The van der Waals surface area contributed by atoms with Crippen molar-refractivity contribution in [2.24, 2.45) is 0 Å². The lowest BCUT2D eigenvalue weighted by Crippen LogP contribution is -2.19. The molecule has 1 rings (SSSR count). The smallest absolute Gasteiger partial charge is 0.371 e. The largest absolute Gasteiger partial charge is 0.469 e. The molecule has 6 nitrogen and oxygen atoms in total. The number of phosphoric acid groups is 1. The van der Waals surface area contributed by atoms with E-state index in [2.05, 4.69) is 11.4 Å². The zero-order valence-corrected chi connectivity index (χ0v) is 20.9. The van der Waals surface area contributed by atoms with E-state index in [4.69, 9.17) is 19.8 Å². The second kappa shape index (κ2) is 18.1. The Balaban J connectivity index is 2.25. The highest BCUT2D eigenvalue weighted by Crippen LogP contribution is 2.36. The van der Waals surface area contributed by atoms with Crippen LogP contribution >= 0.6 is 7.82 Å². The number of hydrogen-bond donors (Lipinski definition) is 2. The summed E-state index contributed by atoms with van der Waals surface area (Å²) in [5, 5.41) is 8.96. The van der Waals surface area contributed by atoms with Crippen molar-refractivity contribution >= 4 is 7.82 Å². The van der Waals surface area contributed by atoms with E-state index in [1.807, 2.05) is 6.07 Å². The van der Waals surface area contributed by atoms with Crippen LogP contribution in [0.5, 0.6) is 0 Å². The minimum atomic E-state index is -4.59. The number of phosphoric ester groups is 1. The Morgan fingerprint density at radius 2 is 1.48 bits per heavy atom. The van der Waals surface area contributed by atoms with Gasteiger partial charge in [0.25, 0.3) is 0 Å². The van der Waals surface area contributed by atoms with Crippen LogP contribution in [-0.4, -0.2) is 22.5 Å². The van der Waals surface area contributed by atoms with E-state index in [9.17, 15) is 8.96 Å². The third-order valence-electron chi connectivity index (χ3n) is 5.63.